The Bertz CT molecular complexity index is 1080. The summed E-state index contributed by atoms with van der Waals surface area (Å²) in [7, 11) is 3.41. The fourth-order valence-electron chi connectivity index (χ4n) is 3.23. The number of aryl methyl sites for hydroxylation is 1. The predicted molar refractivity (Wildman–Crippen MR) is 122 cm³/mol. The quantitative estimate of drug-likeness (QED) is 0.369. The summed E-state index contributed by atoms with van der Waals surface area (Å²) in [5.74, 6) is 0.689. The zero-order valence-corrected chi connectivity index (χ0v) is 19.1. The van der Waals surface area contributed by atoms with E-state index in [1.165, 1.54) is 11.8 Å². The normalized spacial score (nSPS) is 10.8. The van der Waals surface area contributed by atoms with Crippen LogP contribution in [0, 0.1) is 0 Å². The molecule has 0 radical (unpaired) electrons. The number of esters is 1. The first kappa shape index (κ1) is 22.7. The molecule has 0 spiro atoms. The van der Waals surface area contributed by atoms with Crippen molar-refractivity contribution in [2.24, 2.45) is 0 Å². The van der Waals surface area contributed by atoms with Crippen LogP contribution < -0.4 is 4.74 Å². The molecule has 0 unspecified atom stereocenters. The summed E-state index contributed by atoms with van der Waals surface area (Å²) in [5, 5.41) is 0.752. The summed E-state index contributed by atoms with van der Waals surface area (Å²) in [6, 6.07) is 13.0. The highest BCUT2D eigenvalue weighted by molar-refractivity contribution is 7.99. The van der Waals surface area contributed by atoms with Gasteiger partial charge in [-0.25, -0.2) is 9.78 Å². The van der Waals surface area contributed by atoms with Crippen molar-refractivity contribution in [3.05, 3.63) is 53.6 Å². The number of amides is 1. The van der Waals surface area contributed by atoms with Gasteiger partial charge in [-0.15, -0.1) is 0 Å². The zero-order valence-electron chi connectivity index (χ0n) is 18.3. The molecule has 1 heterocycles. The van der Waals surface area contributed by atoms with Crippen LogP contribution in [0.15, 0.2) is 47.6 Å². The SMILES string of the molecule is CCOC(=O)c1ccc2c(c1)nc(SCC(=O)N(C)Cc1cccc(OC)c1)n2CC. The molecule has 0 aliphatic carbocycles. The summed E-state index contributed by atoms with van der Waals surface area (Å²) in [6.45, 7) is 5.35. The monoisotopic (exact) mass is 441 g/mol. The van der Waals surface area contributed by atoms with E-state index < -0.39 is 0 Å². The lowest BCUT2D eigenvalue weighted by Crippen LogP contribution is -2.27. The summed E-state index contributed by atoms with van der Waals surface area (Å²) in [4.78, 5) is 31.0. The van der Waals surface area contributed by atoms with Crippen LogP contribution in [0.3, 0.4) is 0 Å². The van der Waals surface area contributed by atoms with Crippen molar-refractivity contribution in [3.8, 4) is 5.75 Å². The van der Waals surface area contributed by atoms with Crippen LogP contribution >= 0.6 is 11.8 Å². The third kappa shape index (κ3) is 5.38. The topological polar surface area (TPSA) is 73.7 Å². The van der Waals surface area contributed by atoms with Gasteiger partial charge in [0.1, 0.15) is 5.75 Å². The summed E-state index contributed by atoms with van der Waals surface area (Å²) in [6.07, 6.45) is 0. The van der Waals surface area contributed by atoms with Crippen molar-refractivity contribution in [1.82, 2.24) is 14.5 Å². The van der Waals surface area contributed by atoms with E-state index in [-0.39, 0.29) is 17.6 Å². The van der Waals surface area contributed by atoms with Crippen LogP contribution in [0.25, 0.3) is 11.0 Å². The van der Waals surface area contributed by atoms with Gasteiger partial charge < -0.3 is 18.9 Å². The molecule has 0 N–H and O–H groups in total. The van der Waals surface area contributed by atoms with Gasteiger partial charge in [-0.3, -0.25) is 4.79 Å². The molecule has 8 heteroatoms. The molecule has 31 heavy (non-hydrogen) atoms. The minimum absolute atomic E-state index is 0.00902. The highest BCUT2D eigenvalue weighted by atomic mass is 32.2. The highest BCUT2D eigenvalue weighted by Crippen LogP contribution is 2.25. The maximum absolute atomic E-state index is 12.7. The first-order chi connectivity index (χ1) is 15.0. The molecule has 0 bridgehead atoms. The maximum Gasteiger partial charge on any atom is 0.338 e. The molecule has 1 amide bonds. The third-order valence-corrected chi connectivity index (χ3v) is 5.81. The molecule has 0 aliphatic heterocycles. The van der Waals surface area contributed by atoms with Gasteiger partial charge in [0, 0.05) is 20.1 Å². The molecule has 0 saturated heterocycles. The minimum atomic E-state index is -0.362. The molecule has 3 rings (SSSR count). The number of carbonyl (C=O) groups is 2. The molecule has 7 nitrogen and oxygen atoms in total. The van der Waals surface area contributed by atoms with Crippen LogP contribution in [0.1, 0.15) is 29.8 Å². The molecule has 164 valence electrons. The van der Waals surface area contributed by atoms with Crippen molar-refractivity contribution in [2.45, 2.75) is 32.1 Å². The lowest BCUT2D eigenvalue weighted by molar-refractivity contribution is -0.127. The lowest BCUT2D eigenvalue weighted by Gasteiger charge is -2.17. The Labute approximate surface area is 186 Å². The van der Waals surface area contributed by atoms with Gasteiger partial charge in [-0.1, -0.05) is 23.9 Å². The Morgan fingerprint density at radius 3 is 2.68 bits per heavy atom. The number of rotatable bonds is 9. The Morgan fingerprint density at radius 1 is 1.16 bits per heavy atom. The van der Waals surface area contributed by atoms with E-state index in [0.29, 0.717) is 30.8 Å². The van der Waals surface area contributed by atoms with Crippen LogP contribution in [-0.4, -0.2) is 52.8 Å². The van der Waals surface area contributed by atoms with E-state index in [9.17, 15) is 9.59 Å². The number of thioether (sulfide) groups is 1. The van der Waals surface area contributed by atoms with E-state index in [2.05, 4.69) is 4.98 Å². The Kier molecular flexibility index (Phi) is 7.57. The second-order valence-electron chi connectivity index (χ2n) is 6.95. The van der Waals surface area contributed by atoms with E-state index in [4.69, 9.17) is 9.47 Å². The Balaban J connectivity index is 1.70. The first-order valence-electron chi connectivity index (χ1n) is 10.1. The smallest absolute Gasteiger partial charge is 0.338 e. The zero-order chi connectivity index (χ0) is 22.4. The van der Waals surface area contributed by atoms with Gasteiger partial charge in [0.15, 0.2) is 5.16 Å². The van der Waals surface area contributed by atoms with Gasteiger partial charge in [0.2, 0.25) is 5.91 Å². The van der Waals surface area contributed by atoms with Gasteiger partial charge in [-0.2, -0.15) is 0 Å². The largest absolute Gasteiger partial charge is 0.497 e. The maximum atomic E-state index is 12.7. The summed E-state index contributed by atoms with van der Waals surface area (Å²) in [5.41, 5.74) is 3.12. The summed E-state index contributed by atoms with van der Waals surface area (Å²) >= 11 is 1.40. The van der Waals surface area contributed by atoms with Crippen LogP contribution in [0.4, 0.5) is 0 Å². The van der Waals surface area contributed by atoms with Gasteiger partial charge in [0.25, 0.3) is 0 Å². The molecule has 0 aliphatic rings. The van der Waals surface area contributed by atoms with Gasteiger partial charge in [-0.05, 0) is 49.7 Å². The summed E-state index contributed by atoms with van der Waals surface area (Å²) < 4.78 is 12.4. The fourth-order valence-corrected chi connectivity index (χ4v) is 4.25. The number of hydrogen-bond acceptors (Lipinski definition) is 6. The van der Waals surface area contributed by atoms with E-state index >= 15 is 0 Å². The molecular weight excluding hydrogens is 414 g/mol. The van der Waals surface area contributed by atoms with E-state index in [1.807, 2.05) is 41.8 Å². The van der Waals surface area contributed by atoms with Crippen LogP contribution in [0.5, 0.6) is 5.75 Å². The average Bonchev–Trinajstić information content (AvgIpc) is 3.14. The first-order valence-corrected chi connectivity index (χ1v) is 11.1. The lowest BCUT2D eigenvalue weighted by atomic mass is 10.2. The number of nitrogens with zero attached hydrogens (tertiary/aromatic N) is 3. The van der Waals surface area contributed by atoms with Crippen LogP contribution in [-0.2, 0) is 22.6 Å². The van der Waals surface area contributed by atoms with Gasteiger partial charge in [0.05, 0.1) is 36.1 Å². The predicted octanol–water partition coefficient (Wildman–Crippen LogP) is 3.99. The van der Waals surface area contributed by atoms with Crippen molar-refractivity contribution in [1.29, 1.82) is 0 Å². The fraction of sp³-hybridized carbons (Fsp3) is 0.348. The highest BCUT2D eigenvalue weighted by Gasteiger charge is 2.16. The number of aromatic nitrogens is 2. The standard InChI is InChI=1S/C23H27N3O4S/c1-5-26-20-11-10-17(22(28)30-6-2)13-19(20)24-23(26)31-15-21(27)25(3)14-16-8-7-9-18(12-16)29-4/h7-13H,5-6,14-15H2,1-4H3. The van der Waals surface area contributed by atoms with E-state index in [1.54, 1.807) is 38.1 Å². The molecule has 0 atom stereocenters. The average molecular weight is 442 g/mol. The third-order valence-electron chi connectivity index (χ3n) is 4.84. The van der Waals surface area contributed by atoms with Crippen molar-refractivity contribution < 1.29 is 19.1 Å². The molecular formula is C23H27N3O4S. The second-order valence-corrected chi connectivity index (χ2v) is 7.90. The molecule has 2 aromatic carbocycles. The number of fused-ring (bicyclic) bond motifs is 1. The Morgan fingerprint density at radius 2 is 1.97 bits per heavy atom. The number of benzene rings is 2. The van der Waals surface area contributed by atoms with Crippen molar-refractivity contribution in [2.75, 3.05) is 26.5 Å². The molecule has 1 aromatic heterocycles. The molecule has 0 fully saturated rings. The number of hydrogen-bond donors (Lipinski definition) is 0. The Hall–Kier alpha value is -3.00. The van der Waals surface area contributed by atoms with Crippen molar-refractivity contribution in [3.63, 3.8) is 0 Å². The number of carbonyl (C=O) groups excluding carboxylic acids is 2. The van der Waals surface area contributed by atoms with E-state index in [0.717, 1.165) is 22.0 Å². The van der Waals surface area contributed by atoms with Gasteiger partial charge >= 0.3 is 5.97 Å². The number of ether oxygens (including phenoxy) is 2. The number of methoxy groups -OCH3 is 1. The van der Waals surface area contributed by atoms with Crippen molar-refractivity contribution >= 4 is 34.7 Å². The minimum Gasteiger partial charge on any atom is -0.497 e. The second kappa shape index (κ2) is 10.3. The number of imidazole rings is 1. The molecule has 0 saturated carbocycles. The van der Waals surface area contributed by atoms with Crippen LogP contribution in [0.2, 0.25) is 0 Å². The molecule has 3 aromatic rings.